The SMILES string of the molecule is [2H]C1([2H])C(C(=O)N2CC(=O)N3CCc4ccccc4[C@H]3C2)C([2H])([2H])C([2H])([2H])C([2H])([2H])C1([2H])[2H]. The topological polar surface area (TPSA) is 40.6 Å². The number of nitrogens with zero attached hydrogens (tertiary/aromatic N) is 2. The lowest BCUT2D eigenvalue weighted by Crippen LogP contribution is -2.56. The van der Waals surface area contributed by atoms with Gasteiger partial charge in [-0.05, 0) is 30.3 Å². The maximum absolute atomic E-state index is 13.5. The van der Waals surface area contributed by atoms with Crippen molar-refractivity contribution in [3.8, 4) is 0 Å². The average Bonchev–Trinajstić information content (AvgIpc) is 2.71. The highest BCUT2D eigenvalue weighted by Gasteiger charge is 2.39. The van der Waals surface area contributed by atoms with Gasteiger partial charge in [0.15, 0.2) is 0 Å². The molecule has 0 radical (unpaired) electrons. The van der Waals surface area contributed by atoms with Crippen molar-refractivity contribution in [1.29, 1.82) is 0 Å². The smallest absolute Gasteiger partial charge is 0.242 e. The second-order valence-electron chi connectivity index (χ2n) is 5.87. The summed E-state index contributed by atoms with van der Waals surface area (Å²) in [5.41, 5.74) is 1.80. The zero-order valence-corrected chi connectivity index (χ0v) is 12.5. The lowest BCUT2D eigenvalue weighted by Gasteiger charge is -2.45. The molecule has 2 aliphatic heterocycles. The Kier molecular flexibility index (Phi) is 1.92. The molecule has 4 rings (SSSR count). The number of carbonyl (C=O) groups excluding carboxylic acids is 2. The molecule has 4 heteroatoms. The van der Waals surface area contributed by atoms with Crippen LogP contribution in [0.1, 0.15) is 62.7 Å². The number of benzene rings is 1. The molecular weight excluding hydrogens is 288 g/mol. The molecule has 0 N–H and O–H groups in total. The molecule has 1 aromatic carbocycles. The van der Waals surface area contributed by atoms with E-state index in [4.69, 9.17) is 13.7 Å². The van der Waals surface area contributed by atoms with Crippen molar-refractivity contribution in [2.75, 3.05) is 19.6 Å². The lowest BCUT2D eigenvalue weighted by atomic mass is 9.87. The molecule has 0 bridgehead atoms. The van der Waals surface area contributed by atoms with Crippen molar-refractivity contribution in [3.05, 3.63) is 35.4 Å². The van der Waals surface area contributed by atoms with Crippen LogP contribution in [0.2, 0.25) is 0 Å². The molecule has 4 nitrogen and oxygen atoms in total. The van der Waals surface area contributed by atoms with Gasteiger partial charge in [-0.3, -0.25) is 9.59 Å². The van der Waals surface area contributed by atoms with Gasteiger partial charge in [-0.25, -0.2) is 0 Å². The van der Waals surface area contributed by atoms with Crippen LogP contribution in [0.4, 0.5) is 0 Å². The number of hydrogen-bond donors (Lipinski definition) is 0. The number of amides is 2. The van der Waals surface area contributed by atoms with Gasteiger partial charge < -0.3 is 9.80 Å². The Balaban J connectivity index is 1.75. The molecule has 2 heterocycles. The number of rotatable bonds is 1. The minimum atomic E-state index is -3.57. The van der Waals surface area contributed by atoms with Gasteiger partial charge in [-0.2, -0.15) is 0 Å². The molecule has 0 spiro atoms. The fourth-order valence-electron chi connectivity index (χ4n) is 3.43. The normalized spacial score (nSPS) is 42.4. The van der Waals surface area contributed by atoms with Crippen molar-refractivity contribution in [1.82, 2.24) is 9.80 Å². The first-order valence-electron chi connectivity index (χ1n) is 12.7. The van der Waals surface area contributed by atoms with E-state index < -0.39 is 62.2 Å². The molecule has 1 atom stereocenters. The van der Waals surface area contributed by atoms with Gasteiger partial charge in [0.25, 0.3) is 0 Å². The summed E-state index contributed by atoms with van der Waals surface area (Å²) in [5.74, 6) is -4.17. The third-order valence-corrected chi connectivity index (χ3v) is 4.57. The van der Waals surface area contributed by atoms with Crippen LogP contribution in [-0.2, 0) is 16.0 Å². The summed E-state index contributed by atoms with van der Waals surface area (Å²) in [5, 5.41) is 0. The van der Waals surface area contributed by atoms with E-state index in [9.17, 15) is 9.59 Å². The maximum Gasteiger partial charge on any atom is 0.242 e. The molecule has 2 amide bonds. The van der Waals surface area contributed by atoms with Crippen LogP contribution < -0.4 is 0 Å². The second-order valence-corrected chi connectivity index (χ2v) is 5.87. The number of carbonyl (C=O) groups is 2. The van der Waals surface area contributed by atoms with Crippen LogP contribution in [0.25, 0.3) is 0 Å². The molecule has 122 valence electrons. The van der Waals surface area contributed by atoms with Crippen molar-refractivity contribution >= 4 is 11.8 Å². The van der Waals surface area contributed by atoms with Crippen LogP contribution in [0.15, 0.2) is 24.3 Å². The van der Waals surface area contributed by atoms with Crippen molar-refractivity contribution in [2.24, 2.45) is 5.92 Å². The molecule has 1 saturated heterocycles. The van der Waals surface area contributed by atoms with Gasteiger partial charge in [0.05, 0.1) is 12.6 Å². The van der Waals surface area contributed by atoms with Crippen molar-refractivity contribution < 1.29 is 23.3 Å². The van der Waals surface area contributed by atoms with Crippen molar-refractivity contribution in [2.45, 2.75) is 44.3 Å². The monoisotopic (exact) mass is 322 g/mol. The summed E-state index contributed by atoms with van der Waals surface area (Å²) >= 11 is 0. The highest BCUT2D eigenvalue weighted by atomic mass is 16.2. The van der Waals surface area contributed by atoms with Crippen molar-refractivity contribution in [3.63, 3.8) is 0 Å². The highest BCUT2D eigenvalue weighted by Crippen LogP contribution is 2.34. The van der Waals surface area contributed by atoms with Gasteiger partial charge in [0.2, 0.25) is 11.8 Å². The van der Waals surface area contributed by atoms with E-state index in [1.165, 1.54) is 0 Å². The Bertz CT molecular complexity index is 982. The number of fused-ring (bicyclic) bond motifs is 3. The predicted molar refractivity (Wildman–Crippen MR) is 87.8 cm³/mol. The zero-order chi connectivity index (χ0) is 24.8. The Labute approximate surface area is 151 Å². The average molecular weight is 322 g/mol. The molecule has 3 aliphatic rings. The molecule has 1 aliphatic carbocycles. The third kappa shape index (κ3) is 2.64. The largest absolute Gasteiger partial charge is 0.332 e. The highest BCUT2D eigenvalue weighted by molar-refractivity contribution is 5.87. The summed E-state index contributed by atoms with van der Waals surface area (Å²) in [6.07, 6.45) is -16.8. The minimum absolute atomic E-state index is 0.0802. The zero-order valence-electron chi connectivity index (χ0n) is 22.5. The summed E-state index contributed by atoms with van der Waals surface area (Å²) in [6.45, 7) is -0.124. The molecular formula is C19H24N2O2. The third-order valence-electron chi connectivity index (χ3n) is 4.57. The summed E-state index contributed by atoms with van der Waals surface area (Å²) < 4.78 is 81.1. The Morgan fingerprint density at radius 1 is 1.17 bits per heavy atom. The van der Waals surface area contributed by atoms with E-state index in [0.717, 1.165) is 16.0 Å². The second kappa shape index (κ2) is 5.99. The summed E-state index contributed by atoms with van der Waals surface area (Å²) in [7, 11) is 0. The molecule has 2 fully saturated rings. The van der Waals surface area contributed by atoms with Gasteiger partial charge in [-0.1, -0.05) is 43.4 Å². The quantitative estimate of drug-likeness (QED) is 0.797. The summed E-state index contributed by atoms with van der Waals surface area (Å²) in [6, 6.07) is 6.82. The Morgan fingerprint density at radius 3 is 2.78 bits per heavy atom. The first-order valence-corrected chi connectivity index (χ1v) is 7.66. The maximum atomic E-state index is 13.5. The van der Waals surface area contributed by atoms with Gasteiger partial charge >= 0.3 is 0 Å². The molecule has 0 aromatic heterocycles. The molecule has 1 aromatic rings. The van der Waals surface area contributed by atoms with E-state index in [2.05, 4.69) is 0 Å². The molecule has 23 heavy (non-hydrogen) atoms. The van der Waals surface area contributed by atoms with E-state index in [1.807, 2.05) is 18.2 Å². The number of piperazine rings is 1. The molecule has 0 unspecified atom stereocenters. The first-order chi connectivity index (χ1) is 15.0. The minimum Gasteiger partial charge on any atom is -0.332 e. The van der Waals surface area contributed by atoms with Gasteiger partial charge in [0.1, 0.15) is 0 Å². The van der Waals surface area contributed by atoms with E-state index in [1.54, 1.807) is 11.0 Å². The Hall–Kier alpha value is -1.84. The molecule has 1 saturated carbocycles. The van der Waals surface area contributed by atoms with Crippen LogP contribution in [0.3, 0.4) is 0 Å². The fourth-order valence-corrected chi connectivity index (χ4v) is 3.43. The standard InChI is InChI=1S/C19H24N2O2/c22-18-13-20(19(23)15-7-2-1-3-8-15)12-17-16-9-5-4-6-14(16)10-11-21(17)18/h4-6,9,15,17H,1-3,7-8,10-13H2/t17-/m1/s1/i1D2,2D2,3D2,7D2,8D2. The van der Waals surface area contributed by atoms with Crippen LogP contribution in [0, 0.1) is 5.92 Å². The first kappa shape index (κ1) is 7.37. The predicted octanol–water partition coefficient (Wildman–Crippen LogP) is 2.53. The Morgan fingerprint density at radius 2 is 1.96 bits per heavy atom. The summed E-state index contributed by atoms with van der Waals surface area (Å²) in [4.78, 5) is 28.9. The lowest BCUT2D eigenvalue weighted by molar-refractivity contribution is -0.152. The fraction of sp³-hybridized carbons (Fsp3) is 0.579. The van der Waals surface area contributed by atoms with Crippen LogP contribution >= 0.6 is 0 Å². The van der Waals surface area contributed by atoms with E-state index in [-0.39, 0.29) is 6.54 Å². The van der Waals surface area contributed by atoms with Gasteiger partial charge in [-0.15, -0.1) is 0 Å². The van der Waals surface area contributed by atoms with Crippen LogP contribution in [-0.4, -0.2) is 41.2 Å². The van der Waals surface area contributed by atoms with Crippen LogP contribution in [0.5, 0.6) is 0 Å². The number of hydrogen-bond acceptors (Lipinski definition) is 2. The van der Waals surface area contributed by atoms with E-state index >= 15 is 0 Å². The van der Waals surface area contributed by atoms with Gasteiger partial charge in [0, 0.05) is 32.7 Å². The van der Waals surface area contributed by atoms with E-state index in [0.29, 0.717) is 13.0 Å².